The number of rotatable bonds is 4. The average Bonchev–Trinajstić information content (AvgIpc) is 2.48. The molecule has 0 bridgehead atoms. The fourth-order valence-electron chi connectivity index (χ4n) is 2.14. The normalized spacial score (nSPS) is 18.9. The Morgan fingerprint density at radius 3 is 2.86 bits per heavy atom. The second kappa shape index (κ2) is 7.27. The van der Waals surface area contributed by atoms with Gasteiger partial charge in [0.1, 0.15) is 0 Å². The zero-order valence-corrected chi connectivity index (χ0v) is 12.6. The van der Waals surface area contributed by atoms with Gasteiger partial charge in [0.2, 0.25) is 0 Å². The van der Waals surface area contributed by atoms with Crippen molar-refractivity contribution in [2.45, 2.75) is 32.3 Å². The van der Waals surface area contributed by atoms with E-state index in [1.54, 1.807) is 31.2 Å². The Hall–Kier alpha value is -1.81. The van der Waals surface area contributed by atoms with Crippen LogP contribution in [0.5, 0.6) is 0 Å². The Labute approximate surface area is 129 Å². The van der Waals surface area contributed by atoms with Gasteiger partial charge in [0.15, 0.2) is 6.10 Å². The van der Waals surface area contributed by atoms with Gasteiger partial charge in [0, 0.05) is 10.7 Å². The lowest BCUT2D eigenvalue weighted by molar-refractivity contribution is -0.157. The standard InChI is InChI=1S/C16H18ClNO3/c1-11(21-16(20)12-6-3-2-4-7-12)15(19)18-14-9-5-8-13(17)10-14/h2-3,5,8-12H,4,6-7H2,1H3,(H,18,19)/t11-,12-/m1/s1. The van der Waals surface area contributed by atoms with E-state index in [-0.39, 0.29) is 17.8 Å². The van der Waals surface area contributed by atoms with E-state index in [2.05, 4.69) is 11.4 Å². The molecule has 1 N–H and O–H groups in total. The summed E-state index contributed by atoms with van der Waals surface area (Å²) in [5.41, 5.74) is 0.580. The summed E-state index contributed by atoms with van der Waals surface area (Å²) in [7, 11) is 0. The molecular formula is C16H18ClNO3. The molecule has 0 saturated heterocycles. The van der Waals surface area contributed by atoms with Crippen LogP contribution in [0.2, 0.25) is 5.02 Å². The van der Waals surface area contributed by atoms with Gasteiger partial charge in [-0.15, -0.1) is 0 Å². The molecule has 5 heteroatoms. The number of benzene rings is 1. The minimum absolute atomic E-state index is 0.142. The van der Waals surface area contributed by atoms with Gasteiger partial charge in [0.05, 0.1) is 5.92 Å². The largest absolute Gasteiger partial charge is 0.452 e. The summed E-state index contributed by atoms with van der Waals surface area (Å²) in [6, 6.07) is 6.82. The monoisotopic (exact) mass is 307 g/mol. The van der Waals surface area contributed by atoms with Crippen molar-refractivity contribution in [3.63, 3.8) is 0 Å². The number of hydrogen-bond donors (Lipinski definition) is 1. The summed E-state index contributed by atoms with van der Waals surface area (Å²) < 4.78 is 5.24. The van der Waals surface area contributed by atoms with Crippen LogP contribution in [0, 0.1) is 5.92 Å². The fraction of sp³-hybridized carbons (Fsp3) is 0.375. The highest BCUT2D eigenvalue weighted by Gasteiger charge is 2.25. The molecule has 1 aromatic carbocycles. The zero-order valence-electron chi connectivity index (χ0n) is 11.8. The Balaban J connectivity index is 1.87. The first-order valence-electron chi connectivity index (χ1n) is 6.98. The van der Waals surface area contributed by atoms with Crippen LogP contribution < -0.4 is 5.32 Å². The van der Waals surface area contributed by atoms with Crippen molar-refractivity contribution in [3.8, 4) is 0 Å². The molecule has 4 nitrogen and oxygen atoms in total. The summed E-state index contributed by atoms with van der Waals surface area (Å²) in [5, 5.41) is 3.21. The smallest absolute Gasteiger partial charge is 0.310 e. The number of nitrogens with one attached hydrogen (secondary N) is 1. The number of carbonyl (C=O) groups is 2. The molecule has 1 aliphatic carbocycles. The van der Waals surface area contributed by atoms with Gasteiger partial charge in [-0.25, -0.2) is 0 Å². The SMILES string of the molecule is C[C@@H](OC(=O)[C@@H]1CC=CCC1)C(=O)Nc1cccc(Cl)c1. The molecule has 1 aromatic rings. The molecule has 0 spiro atoms. The summed E-state index contributed by atoms with van der Waals surface area (Å²) in [4.78, 5) is 24.0. The highest BCUT2D eigenvalue weighted by molar-refractivity contribution is 6.30. The average molecular weight is 308 g/mol. The molecule has 0 unspecified atom stereocenters. The van der Waals surface area contributed by atoms with Crippen LogP contribution in [0.4, 0.5) is 5.69 Å². The highest BCUT2D eigenvalue weighted by Crippen LogP contribution is 2.20. The molecule has 0 heterocycles. The van der Waals surface area contributed by atoms with Crippen molar-refractivity contribution in [2.75, 3.05) is 5.32 Å². The van der Waals surface area contributed by atoms with Crippen molar-refractivity contribution in [3.05, 3.63) is 41.4 Å². The first-order chi connectivity index (χ1) is 10.1. The predicted octanol–water partition coefficient (Wildman–Crippen LogP) is 3.57. The number of amides is 1. The molecule has 1 aliphatic rings. The number of esters is 1. The Kier molecular flexibility index (Phi) is 5.39. The third kappa shape index (κ3) is 4.60. The molecule has 1 amide bonds. The first kappa shape index (κ1) is 15.6. The van der Waals surface area contributed by atoms with Crippen molar-refractivity contribution in [2.24, 2.45) is 5.92 Å². The Morgan fingerprint density at radius 1 is 1.38 bits per heavy atom. The van der Waals surface area contributed by atoms with Crippen molar-refractivity contribution < 1.29 is 14.3 Å². The van der Waals surface area contributed by atoms with Gasteiger partial charge in [0.25, 0.3) is 5.91 Å². The van der Waals surface area contributed by atoms with E-state index in [4.69, 9.17) is 16.3 Å². The first-order valence-corrected chi connectivity index (χ1v) is 7.36. The Morgan fingerprint density at radius 2 is 2.19 bits per heavy atom. The minimum atomic E-state index is -0.831. The van der Waals surface area contributed by atoms with Crippen LogP contribution in [0.15, 0.2) is 36.4 Å². The third-order valence-electron chi connectivity index (χ3n) is 3.36. The number of ether oxygens (including phenoxy) is 1. The molecule has 112 valence electrons. The quantitative estimate of drug-likeness (QED) is 0.683. The molecule has 2 rings (SSSR count). The molecule has 0 aliphatic heterocycles. The summed E-state index contributed by atoms with van der Waals surface area (Å²) in [5.74, 6) is -0.818. The van der Waals surface area contributed by atoms with Crippen LogP contribution in [0.3, 0.4) is 0 Å². The number of allylic oxidation sites excluding steroid dienone is 2. The maximum Gasteiger partial charge on any atom is 0.310 e. The van der Waals surface area contributed by atoms with Gasteiger partial charge in [-0.05, 0) is 44.4 Å². The molecule has 0 radical (unpaired) electrons. The molecule has 2 atom stereocenters. The topological polar surface area (TPSA) is 55.4 Å². The van der Waals surface area contributed by atoms with Crippen LogP contribution in [0.1, 0.15) is 26.2 Å². The molecule has 0 aromatic heterocycles. The second-order valence-electron chi connectivity index (χ2n) is 5.06. The fourth-order valence-corrected chi connectivity index (χ4v) is 2.33. The summed E-state index contributed by atoms with van der Waals surface area (Å²) >= 11 is 5.85. The van der Waals surface area contributed by atoms with Crippen molar-refractivity contribution in [1.29, 1.82) is 0 Å². The van der Waals surface area contributed by atoms with Crippen LogP contribution in [0.25, 0.3) is 0 Å². The number of halogens is 1. The third-order valence-corrected chi connectivity index (χ3v) is 3.59. The molecule has 21 heavy (non-hydrogen) atoms. The van der Waals surface area contributed by atoms with E-state index in [0.29, 0.717) is 17.1 Å². The van der Waals surface area contributed by atoms with E-state index in [1.165, 1.54) is 0 Å². The van der Waals surface area contributed by atoms with Gasteiger partial charge < -0.3 is 10.1 Å². The lowest BCUT2D eigenvalue weighted by Gasteiger charge is -2.19. The van der Waals surface area contributed by atoms with Gasteiger partial charge >= 0.3 is 5.97 Å². The summed E-state index contributed by atoms with van der Waals surface area (Å²) in [6.07, 6.45) is 5.54. The second-order valence-corrected chi connectivity index (χ2v) is 5.50. The molecule has 0 saturated carbocycles. The lowest BCUT2D eigenvalue weighted by Crippen LogP contribution is -2.32. The van der Waals surface area contributed by atoms with E-state index in [0.717, 1.165) is 12.8 Å². The minimum Gasteiger partial charge on any atom is -0.452 e. The molecular weight excluding hydrogens is 290 g/mol. The maximum atomic E-state index is 12.0. The van der Waals surface area contributed by atoms with E-state index < -0.39 is 6.10 Å². The van der Waals surface area contributed by atoms with Crippen molar-refractivity contribution in [1.82, 2.24) is 0 Å². The maximum absolute atomic E-state index is 12.0. The van der Waals surface area contributed by atoms with Crippen LogP contribution >= 0.6 is 11.6 Å². The lowest BCUT2D eigenvalue weighted by atomic mass is 9.95. The van der Waals surface area contributed by atoms with E-state index in [9.17, 15) is 9.59 Å². The predicted molar refractivity (Wildman–Crippen MR) is 82.1 cm³/mol. The van der Waals surface area contributed by atoms with E-state index in [1.807, 2.05) is 6.08 Å². The molecule has 0 fully saturated rings. The van der Waals surface area contributed by atoms with Gasteiger partial charge in [-0.3, -0.25) is 9.59 Å². The highest BCUT2D eigenvalue weighted by atomic mass is 35.5. The van der Waals surface area contributed by atoms with E-state index >= 15 is 0 Å². The number of carbonyl (C=O) groups excluding carboxylic acids is 2. The Bertz CT molecular complexity index is 556. The van der Waals surface area contributed by atoms with Gasteiger partial charge in [-0.1, -0.05) is 29.8 Å². The van der Waals surface area contributed by atoms with Crippen LogP contribution in [-0.2, 0) is 14.3 Å². The van der Waals surface area contributed by atoms with Crippen molar-refractivity contribution >= 4 is 29.2 Å². The van der Waals surface area contributed by atoms with Gasteiger partial charge in [-0.2, -0.15) is 0 Å². The summed E-state index contributed by atoms with van der Waals surface area (Å²) in [6.45, 7) is 1.57. The van der Waals surface area contributed by atoms with Crippen LogP contribution in [-0.4, -0.2) is 18.0 Å². The number of anilines is 1. The number of hydrogen-bond acceptors (Lipinski definition) is 3. The zero-order chi connectivity index (χ0) is 15.2.